The largest absolute Gasteiger partial charge is 0.450 e. The van der Waals surface area contributed by atoms with Crippen LogP contribution >= 0.6 is 0 Å². The van der Waals surface area contributed by atoms with E-state index in [9.17, 15) is 41.3 Å². The van der Waals surface area contributed by atoms with Crippen molar-refractivity contribution in [2.24, 2.45) is 0 Å². The van der Waals surface area contributed by atoms with Crippen molar-refractivity contribution in [1.29, 1.82) is 21.0 Å². The molecule has 0 saturated heterocycles. The Labute approximate surface area is 263 Å². The van der Waals surface area contributed by atoms with Gasteiger partial charge in [-0.1, -0.05) is 0 Å². The van der Waals surface area contributed by atoms with Crippen LogP contribution in [0.3, 0.4) is 0 Å². The lowest BCUT2D eigenvalue weighted by Crippen LogP contribution is -2.03. The highest BCUT2D eigenvalue weighted by Crippen LogP contribution is 2.44. The van der Waals surface area contributed by atoms with Crippen LogP contribution in [0.5, 0.6) is 23.0 Å². The van der Waals surface area contributed by atoms with E-state index in [0.717, 1.165) is 34.4 Å². The number of nitrogens with zero attached hydrogens (tertiary/aromatic N) is 6. The molecule has 12 nitrogen and oxygen atoms in total. The minimum absolute atomic E-state index is 0.0502. The molecule has 0 bridgehead atoms. The molecular formula is C34H24N6O6. The maximum atomic E-state index is 11.8. The van der Waals surface area contributed by atoms with Gasteiger partial charge in [-0.05, 0) is 98.2 Å². The number of rotatable bonds is 7. The van der Waals surface area contributed by atoms with Crippen LogP contribution in [0, 0.1) is 107 Å². The van der Waals surface area contributed by atoms with E-state index < -0.39 is 21.2 Å². The van der Waals surface area contributed by atoms with Gasteiger partial charge in [0.25, 0.3) is 0 Å². The van der Waals surface area contributed by atoms with Crippen LogP contribution in [0.2, 0.25) is 0 Å². The second kappa shape index (κ2) is 12.5. The van der Waals surface area contributed by atoms with E-state index in [-0.39, 0.29) is 33.8 Å². The molecule has 0 spiro atoms. The Morgan fingerprint density at radius 3 is 1.11 bits per heavy atom. The summed E-state index contributed by atoms with van der Waals surface area (Å²) in [6, 6.07) is 15.5. The summed E-state index contributed by atoms with van der Waals surface area (Å²) in [6.07, 6.45) is 0. The van der Waals surface area contributed by atoms with Gasteiger partial charge in [-0.2, -0.15) is 21.0 Å². The smallest absolute Gasteiger partial charge is 0.312 e. The number of hydrogen-bond donors (Lipinski definition) is 0. The van der Waals surface area contributed by atoms with Crippen LogP contribution in [0.15, 0.2) is 36.4 Å². The van der Waals surface area contributed by atoms with Crippen molar-refractivity contribution in [2.45, 2.75) is 41.5 Å². The van der Waals surface area contributed by atoms with Crippen molar-refractivity contribution < 1.29 is 19.3 Å². The highest BCUT2D eigenvalue weighted by molar-refractivity contribution is 5.78. The van der Waals surface area contributed by atoms with Gasteiger partial charge in [-0.15, -0.1) is 0 Å². The second-order valence-electron chi connectivity index (χ2n) is 10.5. The number of aryl methyl sites for hydroxylation is 2. The maximum absolute atomic E-state index is 11.8. The Balaban J connectivity index is 1.82. The van der Waals surface area contributed by atoms with Crippen LogP contribution in [0.1, 0.15) is 55.6 Å². The Morgan fingerprint density at radius 2 is 0.826 bits per heavy atom. The molecule has 0 unspecified atom stereocenters. The molecule has 0 fully saturated rings. The molecule has 0 radical (unpaired) electrons. The molecule has 0 atom stereocenters. The first-order valence-electron chi connectivity index (χ1n) is 13.6. The highest BCUT2D eigenvalue weighted by Gasteiger charge is 2.25. The van der Waals surface area contributed by atoms with E-state index in [0.29, 0.717) is 33.8 Å². The number of nitro benzene ring substituents is 2. The van der Waals surface area contributed by atoms with Crippen molar-refractivity contribution in [3.05, 3.63) is 112 Å². The Kier molecular flexibility index (Phi) is 8.71. The summed E-state index contributed by atoms with van der Waals surface area (Å²) in [5.74, 6) is 0.398. The fourth-order valence-electron chi connectivity index (χ4n) is 5.17. The average Bonchev–Trinajstić information content (AvgIpc) is 3.03. The van der Waals surface area contributed by atoms with Crippen LogP contribution in [0.4, 0.5) is 11.4 Å². The van der Waals surface area contributed by atoms with Crippen molar-refractivity contribution in [3.8, 4) is 58.4 Å². The van der Waals surface area contributed by atoms with Crippen molar-refractivity contribution >= 4 is 11.4 Å². The second-order valence-corrected chi connectivity index (χ2v) is 10.5. The fraction of sp³-hybridized carbons (Fsp3) is 0.176. The molecule has 0 heterocycles. The molecule has 4 rings (SSSR count). The van der Waals surface area contributed by atoms with Crippen LogP contribution in [0.25, 0.3) is 11.1 Å². The van der Waals surface area contributed by atoms with Crippen molar-refractivity contribution in [2.75, 3.05) is 0 Å². The molecule has 0 aromatic heterocycles. The van der Waals surface area contributed by atoms with Gasteiger partial charge in [-0.25, -0.2) is 0 Å². The monoisotopic (exact) mass is 612 g/mol. The number of nitro groups is 2. The molecule has 0 N–H and O–H groups in total. The summed E-state index contributed by atoms with van der Waals surface area (Å²) in [6.45, 7) is 11.0. The lowest BCUT2D eigenvalue weighted by molar-refractivity contribution is -0.385. The first-order chi connectivity index (χ1) is 21.8. The molecule has 0 aliphatic rings. The van der Waals surface area contributed by atoms with Gasteiger partial charge in [0.2, 0.25) is 11.5 Å². The Bertz CT molecular complexity index is 2020. The zero-order chi connectivity index (χ0) is 34.0. The number of benzene rings is 4. The summed E-state index contributed by atoms with van der Waals surface area (Å²) in [5, 5.41) is 61.1. The minimum atomic E-state index is -0.671. The third kappa shape index (κ3) is 5.63. The molecule has 46 heavy (non-hydrogen) atoms. The molecule has 0 amide bonds. The zero-order valence-electron chi connectivity index (χ0n) is 25.6. The lowest BCUT2D eigenvalue weighted by Gasteiger charge is -2.21. The van der Waals surface area contributed by atoms with Crippen molar-refractivity contribution in [3.63, 3.8) is 0 Å². The molecule has 0 aliphatic carbocycles. The number of ether oxygens (including phenoxy) is 2. The standard InChI is InChI=1S/C34H24N6O6/c1-17-7-27(19(3)21(5)33(17)45-31-11-25(15-37)23(13-35)9-29(31)39(41)42)28-8-18(2)34(22(6)20(28)4)46-32-12-26(16-38)24(14-36)10-30(32)40(43)44/h7-12H,1-6H3. The first-order valence-corrected chi connectivity index (χ1v) is 13.6. The van der Waals surface area contributed by atoms with E-state index in [1.54, 1.807) is 26.0 Å². The van der Waals surface area contributed by atoms with Gasteiger partial charge in [0.05, 0.1) is 32.1 Å². The molecular weight excluding hydrogens is 588 g/mol. The lowest BCUT2D eigenvalue weighted by atomic mass is 9.88. The zero-order valence-corrected chi connectivity index (χ0v) is 25.6. The van der Waals surface area contributed by atoms with Gasteiger partial charge in [0, 0.05) is 24.3 Å². The topological polar surface area (TPSA) is 200 Å². The summed E-state index contributed by atoms with van der Waals surface area (Å²) in [4.78, 5) is 22.2. The molecule has 4 aromatic carbocycles. The molecule has 226 valence electrons. The van der Waals surface area contributed by atoms with E-state index in [1.165, 1.54) is 12.1 Å². The molecule has 4 aromatic rings. The van der Waals surface area contributed by atoms with Gasteiger partial charge < -0.3 is 9.47 Å². The van der Waals surface area contributed by atoms with Crippen molar-refractivity contribution in [1.82, 2.24) is 0 Å². The fourth-order valence-corrected chi connectivity index (χ4v) is 5.17. The molecule has 0 saturated carbocycles. The normalized spacial score (nSPS) is 10.2. The predicted octanol–water partition coefficient (Wildman–Crippen LogP) is 8.09. The van der Waals surface area contributed by atoms with Crippen LogP contribution < -0.4 is 9.47 Å². The first kappa shape index (κ1) is 32.2. The Morgan fingerprint density at radius 1 is 0.522 bits per heavy atom. The minimum Gasteiger partial charge on any atom is -0.450 e. The summed E-state index contributed by atoms with van der Waals surface area (Å²) in [5.41, 5.74) is 4.77. The van der Waals surface area contributed by atoms with Crippen LogP contribution in [-0.4, -0.2) is 9.85 Å². The van der Waals surface area contributed by atoms with Gasteiger partial charge in [-0.3, -0.25) is 20.2 Å². The highest BCUT2D eigenvalue weighted by atomic mass is 16.6. The Hall–Kier alpha value is -6.76. The third-order valence-corrected chi connectivity index (χ3v) is 7.84. The molecule has 0 aliphatic heterocycles. The van der Waals surface area contributed by atoms with E-state index in [2.05, 4.69) is 0 Å². The van der Waals surface area contributed by atoms with E-state index in [4.69, 9.17) is 9.47 Å². The number of nitriles is 4. The van der Waals surface area contributed by atoms with Gasteiger partial charge in [0.15, 0.2) is 0 Å². The summed E-state index contributed by atoms with van der Waals surface area (Å²) < 4.78 is 12.1. The van der Waals surface area contributed by atoms with Gasteiger partial charge >= 0.3 is 11.4 Å². The average molecular weight is 613 g/mol. The maximum Gasteiger partial charge on any atom is 0.312 e. The van der Waals surface area contributed by atoms with E-state index in [1.807, 2.05) is 52.0 Å². The van der Waals surface area contributed by atoms with Crippen LogP contribution in [-0.2, 0) is 0 Å². The molecule has 12 heteroatoms. The van der Waals surface area contributed by atoms with E-state index >= 15 is 0 Å². The third-order valence-electron chi connectivity index (χ3n) is 7.84. The number of hydrogen-bond acceptors (Lipinski definition) is 10. The summed E-state index contributed by atoms with van der Waals surface area (Å²) >= 11 is 0. The SMILES string of the molecule is Cc1cc(-c2cc(C)c(Oc3cc(C#N)c(C#N)cc3[N+](=O)[O-])c(C)c2C)c(C)c(C)c1Oc1cc(C#N)c(C#N)cc1[N+](=O)[O-]. The quantitative estimate of drug-likeness (QED) is 0.145. The van der Waals surface area contributed by atoms with Gasteiger partial charge in [0.1, 0.15) is 35.8 Å². The predicted molar refractivity (Wildman–Crippen MR) is 166 cm³/mol. The summed E-state index contributed by atoms with van der Waals surface area (Å²) in [7, 11) is 0.